The van der Waals surface area contributed by atoms with Gasteiger partial charge in [0, 0.05) is 24.6 Å². The van der Waals surface area contributed by atoms with Gasteiger partial charge in [0.1, 0.15) is 17.7 Å². The molecule has 0 aliphatic heterocycles. The van der Waals surface area contributed by atoms with Crippen molar-refractivity contribution in [3.8, 4) is 11.5 Å². The van der Waals surface area contributed by atoms with E-state index in [0.717, 1.165) is 68.2 Å². The molecule has 0 aromatic heterocycles. The van der Waals surface area contributed by atoms with Gasteiger partial charge in [-0.15, -0.1) is 0 Å². The minimum absolute atomic E-state index is 0.0431. The van der Waals surface area contributed by atoms with E-state index in [4.69, 9.17) is 4.74 Å². The first-order valence-corrected chi connectivity index (χ1v) is 17.5. The topological polar surface area (TPSA) is 70.0 Å². The van der Waals surface area contributed by atoms with Crippen molar-refractivity contribution < 1.29 is 24.1 Å². The van der Waals surface area contributed by atoms with Crippen LogP contribution >= 0.6 is 0 Å². The predicted molar refractivity (Wildman–Crippen MR) is 180 cm³/mol. The van der Waals surface area contributed by atoms with Gasteiger partial charge in [-0.1, -0.05) is 49.7 Å². The molecule has 0 bridgehead atoms. The number of fused-ring (bicyclic) bond motifs is 5. The Kier molecular flexibility index (Phi) is 10.0. The second-order valence-corrected chi connectivity index (χ2v) is 14.2. The van der Waals surface area contributed by atoms with Crippen molar-refractivity contribution in [2.45, 2.75) is 89.8 Å². The van der Waals surface area contributed by atoms with Gasteiger partial charge in [-0.3, -0.25) is 4.79 Å². The molecule has 3 unspecified atom stereocenters. The fourth-order valence-corrected chi connectivity index (χ4v) is 9.22. The van der Waals surface area contributed by atoms with Crippen LogP contribution < -0.4 is 4.74 Å². The number of ether oxygens (including phenoxy) is 1. The lowest BCUT2D eigenvalue weighted by molar-refractivity contribution is -0.0722. The van der Waals surface area contributed by atoms with Crippen LogP contribution in [0.2, 0.25) is 0 Å². The highest BCUT2D eigenvalue weighted by atomic mass is 19.1. The Hall–Kier alpha value is -3.38. The molecule has 2 fully saturated rings. The number of amides is 1. The highest BCUT2D eigenvalue weighted by Crippen LogP contribution is 2.63. The lowest BCUT2D eigenvalue weighted by atomic mass is 9.51. The molecule has 0 radical (unpaired) electrons. The van der Waals surface area contributed by atoms with E-state index in [9.17, 15) is 15.0 Å². The summed E-state index contributed by atoms with van der Waals surface area (Å²) in [7, 11) is 0. The van der Waals surface area contributed by atoms with Gasteiger partial charge < -0.3 is 19.8 Å². The van der Waals surface area contributed by atoms with Gasteiger partial charge in [-0.05, 0) is 135 Å². The maximum Gasteiger partial charge on any atom is 0.253 e. The zero-order valence-corrected chi connectivity index (χ0v) is 27.4. The Labute approximate surface area is 273 Å². The fourth-order valence-electron chi connectivity index (χ4n) is 9.22. The zero-order chi connectivity index (χ0) is 32.3. The number of halogens is 1. The van der Waals surface area contributed by atoms with Gasteiger partial charge in [0.2, 0.25) is 0 Å². The molecular weight excluding hydrogens is 577 g/mol. The van der Waals surface area contributed by atoms with Crippen molar-refractivity contribution in [1.29, 1.82) is 0 Å². The summed E-state index contributed by atoms with van der Waals surface area (Å²) in [6.07, 6.45) is 6.04. The summed E-state index contributed by atoms with van der Waals surface area (Å²) < 4.78 is 21.7. The molecule has 46 heavy (non-hydrogen) atoms. The van der Waals surface area contributed by atoms with Crippen LogP contribution in [-0.2, 0) is 12.8 Å². The molecule has 3 aromatic rings. The van der Waals surface area contributed by atoms with Crippen molar-refractivity contribution in [2.75, 3.05) is 19.7 Å². The molecule has 0 saturated heterocycles. The molecule has 246 valence electrons. The Morgan fingerprint density at radius 2 is 1.76 bits per heavy atom. The first-order valence-electron chi connectivity index (χ1n) is 17.5. The van der Waals surface area contributed by atoms with E-state index in [2.05, 4.69) is 31.2 Å². The number of hydrogen-bond acceptors (Lipinski definition) is 4. The molecule has 0 spiro atoms. The van der Waals surface area contributed by atoms with Crippen molar-refractivity contribution in [3.05, 3.63) is 95.1 Å². The summed E-state index contributed by atoms with van der Waals surface area (Å²) in [5.74, 6) is 1.61. The SMILES string of the molecule is CCOc1ccc(C(=O)N(CCCC[C@@H]2Cc3cc(O)ccc3C3C2C2CC[C@H](O)[C@@]2(C)C[C@@H]3F)CCCc2ccccc2)cc1. The second kappa shape index (κ2) is 14.2. The zero-order valence-electron chi connectivity index (χ0n) is 27.4. The normalized spacial score (nSPS) is 28.2. The Bertz CT molecular complexity index is 1460. The summed E-state index contributed by atoms with van der Waals surface area (Å²) in [5, 5.41) is 21.3. The number of aliphatic hydroxyl groups is 1. The molecule has 2 N–H and O–H groups in total. The maximum absolute atomic E-state index is 16.2. The number of aromatic hydroxyl groups is 1. The van der Waals surface area contributed by atoms with E-state index in [1.165, 1.54) is 5.56 Å². The predicted octanol–water partition coefficient (Wildman–Crippen LogP) is 8.13. The molecule has 3 aliphatic carbocycles. The summed E-state index contributed by atoms with van der Waals surface area (Å²) in [6, 6.07) is 23.3. The van der Waals surface area contributed by atoms with E-state index < -0.39 is 12.3 Å². The van der Waals surface area contributed by atoms with E-state index in [1.54, 1.807) is 6.07 Å². The number of carbonyl (C=O) groups is 1. The average Bonchev–Trinajstić information content (AvgIpc) is 3.35. The van der Waals surface area contributed by atoms with Gasteiger partial charge in [0.25, 0.3) is 5.91 Å². The number of rotatable bonds is 12. The van der Waals surface area contributed by atoms with Crippen LogP contribution in [0.4, 0.5) is 4.39 Å². The smallest absolute Gasteiger partial charge is 0.253 e. The van der Waals surface area contributed by atoms with Crippen molar-refractivity contribution in [3.63, 3.8) is 0 Å². The Morgan fingerprint density at radius 3 is 2.52 bits per heavy atom. The Morgan fingerprint density at radius 1 is 1.00 bits per heavy atom. The first-order chi connectivity index (χ1) is 22.3. The third-order valence-electron chi connectivity index (χ3n) is 11.5. The Balaban J connectivity index is 1.15. The molecule has 2 saturated carbocycles. The van der Waals surface area contributed by atoms with Gasteiger partial charge in [-0.25, -0.2) is 4.39 Å². The second-order valence-electron chi connectivity index (χ2n) is 14.2. The number of phenols is 1. The summed E-state index contributed by atoms with van der Waals surface area (Å²) in [5.41, 5.74) is 3.69. The third kappa shape index (κ3) is 6.69. The minimum atomic E-state index is -1.00. The van der Waals surface area contributed by atoms with Crippen molar-refractivity contribution >= 4 is 5.91 Å². The monoisotopic (exact) mass is 627 g/mol. The van der Waals surface area contributed by atoms with Crippen molar-refractivity contribution in [2.24, 2.45) is 23.2 Å². The molecule has 1 amide bonds. The number of nitrogens with zero attached hydrogens (tertiary/aromatic N) is 1. The van der Waals surface area contributed by atoms with E-state index in [0.29, 0.717) is 37.6 Å². The number of alkyl halides is 1. The van der Waals surface area contributed by atoms with Gasteiger partial charge in [-0.2, -0.15) is 0 Å². The lowest BCUT2D eigenvalue weighted by Gasteiger charge is -2.54. The van der Waals surface area contributed by atoms with Crippen LogP contribution in [0.25, 0.3) is 0 Å². The highest BCUT2D eigenvalue weighted by Gasteiger charge is 2.59. The molecule has 0 heterocycles. The number of hydrogen-bond donors (Lipinski definition) is 2. The molecule has 3 aromatic carbocycles. The van der Waals surface area contributed by atoms with Crippen LogP contribution in [-0.4, -0.2) is 53.0 Å². The fraction of sp³-hybridized carbons (Fsp3) is 0.525. The number of benzene rings is 3. The maximum atomic E-state index is 16.2. The quantitative estimate of drug-likeness (QED) is 0.199. The van der Waals surface area contributed by atoms with E-state index in [-0.39, 0.29) is 34.8 Å². The molecule has 3 aliphatic rings. The lowest BCUT2D eigenvalue weighted by Crippen LogP contribution is -2.51. The molecular formula is C40H50FNO4. The van der Waals surface area contributed by atoms with Crippen LogP contribution in [0.5, 0.6) is 11.5 Å². The molecule has 7 atom stereocenters. The molecule has 6 rings (SSSR count). The number of aliphatic hydroxyl groups excluding tert-OH is 1. The molecule has 6 heteroatoms. The van der Waals surface area contributed by atoms with Crippen LogP contribution in [0, 0.1) is 23.2 Å². The summed E-state index contributed by atoms with van der Waals surface area (Å²) in [4.78, 5) is 15.7. The summed E-state index contributed by atoms with van der Waals surface area (Å²) >= 11 is 0. The van der Waals surface area contributed by atoms with Crippen LogP contribution in [0.3, 0.4) is 0 Å². The third-order valence-corrected chi connectivity index (χ3v) is 11.5. The largest absolute Gasteiger partial charge is 0.508 e. The van der Waals surface area contributed by atoms with Crippen molar-refractivity contribution in [1.82, 2.24) is 4.90 Å². The highest BCUT2D eigenvalue weighted by molar-refractivity contribution is 5.94. The number of phenolic OH excluding ortho intramolecular Hbond substituents is 1. The summed E-state index contributed by atoms with van der Waals surface area (Å²) in [6.45, 7) is 6.00. The van der Waals surface area contributed by atoms with Crippen LogP contribution in [0.1, 0.15) is 91.8 Å². The van der Waals surface area contributed by atoms with Gasteiger partial charge >= 0.3 is 0 Å². The minimum Gasteiger partial charge on any atom is -0.508 e. The van der Waals surface area contributed by atoms with E-state index in [1.807, 2.05) is 54.3 Å². The van der Waals surface area contributed by atoms with Gasteiger partial charge in [0.05, 0.1) is 12.7 Å². The number of unbranched alkanes of at least 4 members (excludes halogenated alkanes) is 1. The van der Waals surface area contributed by atoms with Gasteiger partial charge in [0.15, 0.2) is 0 Å². The van der Waals surface area contributed by atoms with E-state index >= 15 is 4.39 Å². The molecule has 5 nitrogen and oxygen atoms in total. The number of carbonyl (C=O) groups excluding carboxylic acids is 1. The average molecular weight is 628 g/mol. The first kappa shape index (κ1) is 32.6. The number of aryl methyl sites for hydroxylation is 1. The standard InChI is InChI=1S/C40H50FNO4/c1-3-46-32-17-14-28(15-18-32)39(45)42(23-9-12-27-10-5-4-6-11-27)22-8-7-13-29-24-30-25-31(43)16-19-33(30)38-35(41)26-40(2)34(37(29)38)20-21-36(40)44/h4-6,10-11,14-19,25,29,34-38,43-44H,3,7-9,12-13,20-24,26H2,1-2H3/t29-,34?,35+,36+,37?,38?,40+/m1/s1. The van der Waals surface area contributed by atoms with Crippen LogP contribution in [0.15, 0.2) is 72.8 Å².